The molecule has 0 radical (unpaired) electrons. The minimum atomic E-state index is -0.0976. The molecule has 2 aromatic rings. The lowest BCUT2D eigenvalue weighted by molar-refractivity contribution is 0.392. The van der Waals surface area contributed by atoms with Crippen LogP contribution in [-0.2, 0) is 0 Å². The highest BCUT2D eigenvalue weighted by atomic mass is 16.5. The number of hydrogen-bond acceptors (Lipinski definition) is 5. The molecule has 1 aromatic heterocycles. The van der Waals surface area contributed by atoms with Crippen molar-refractivity contribution in [3.63, 3.8) is 0 Å². The second-order valence-electron chi connectivity index (χ2n) is 4.76. The number of nitrogens with zero attached hydrogens (tertiary/aromatic N) is 2. The topological polar surface area (TPSA) is 56.3 Å². The second-order valence-corrected chi connectivity index (χ2v) is 4.76. The number of benzene rings is 1. The summed E-state index contributed by atoms with van der Waals surface area (Å²) in [6.07, 6.45) is 3.65. The van der Waals surface area contributed by atoms with Crippen LogP contribution in [0, 0.1) is 6.92 Å². The summed E-state index contributed by atoms with van der Waals surface area (Å²) in [7, 11) is 3.28. The molecule has 1 atom stereocenters. The third-order valence-corrected chi connectivity index (χ3v) is 3.17. The van der Waals surface area contributed by atoms with Crippen LogP contribution in [0.25, 0.3) is 0 Å². The van der Waals surface area contributed by atoms with Crippen LogP contribution in [0.4, 0.5) is 0 Å². The van der Waals surface area contributed by atoms with E-state index in [1.807, 2.05) is 37.5 Å². The smallest absolute Gasteiger partial charge is 0.149 e. The van der Waals surface area contributed by atoms with Crippen molar-refractivity contribution < 1.29 is 9.47 Å². The number of methoxy groups -OCH3 is 2. The molecule has 1 N–H and O–H groups in total. The van der Waals surface area contributed by atoms with Gasteiger partial charge in [-0.25, -0.2) is 9.97 Å². The maximum atomic E-state index is 5.33. The Labute approximate surface area is 125 Å². The van der Waals surface area contributed by atoms with Crippen molar-refractivity contribution in [1.82, 2.24) is 15.3 Å². The van der Waals surface area contributed by atoms with Gasteiger partial charge in [0.2, 0.25) is 0 Å². The molecule has 0 aliphatic heterocycles. The number of nitrogens with one attached hydrogen (secondary N) is 1. The predicted molar refractivity (Wildman–Crippen MR) is 81.8 cm³/mol. The van der Waals surface area contributed by atoms with Crippen molar-refractivity contribution in [3.05, 3.63) is 47.5 Å². The van der Waals surface area contributed by atoms with Crippen LogP contribution in [0.15, 0.2) is 30.6 Å². The first-order valence-electron chi connectivity index (χ1n) is 6.92. The summed E-state index contributed by atoms with van der Waals surface area (Å²) >= 11 is 0. The van der Waals surface area contributed by atoms with Gasteiger partial charge in [0.05, 0.1) is 20.3 Å². The summed E-state index contributed by atoms with van der Waals surface area (Å²) in [6.45, 7) is 4.83. The number of rotatable bonds is 6. The van der Waals surface area contributed by atoms with Crippen molar-refractivity contribution in [2.24, 2.45) is 0 Å². The molecule has 1 aromatic carbocycles. The molecular weight excluding hydrogens is 266 g/mol. The summed E-state index contributed by atoms with van der Waals surface area (Å²) in [5.41, 5.74) is 2.05. The van der Waals surface area contributed by atoms with Crippen molar-refractivity contribution >= 4 is 0 Å². The highest BCUT2D eigenvalue weighted by Crippen LogP contribution is 2.28. The summed E-state index contributed by atoms with van der Waals surface area (Å²) in [5, 5.41) is 3.40. The molecule has 0 aliphatic carbocycles. The fraction of sp³-hybridized carbons (Fsp3) is 0.375. The molecule has 0 spiro atoms. The maximum Gasteiger partial charge on any atom is 0.149 e. The monoisotopic (exact) mass is 287 g/mol. The van der Waals surface area contributed by atoms with E-state index in [0.717, 1.165) is 35.0 Å². The second kappa shape index (κ2) is 7.04. The summed E-state index contributed by atoms with van der Waals surface area (Å²) < 4.78 is 10.7. The summed E-state index contributed by atoms with van der Waals surface area (Å²) in [4.78, 5) is 8.86. The molecule has 2 rings (SSSR count). The highest BCUT2D eigenvalue weighted by Gasteiger charge is 2.17. The number of aromatic nitrogens is 2. The third-order valence-electron chi connectivity index (χ3n) is 3.17. The zero-order valence-electron chi connectivity index (χ0n) is 12.9. The van der Waals surface area contributed by atoms with E-state index in [1.165, 1.54) is 0 Å². The average Bonchev–Trinajstić information content (AvgIpc) is 2.53. The van der Waals surface area contributed by atoms with E-state index in [0.29, 0.717) is 0 Å². The fourth-order valence-corrected chi connectivity index (χ4v) is 2.11. The minimum Gasteiger partial charge on any atom is -0.497 e. The molecule has 0 saturated carbocycles. The van der Waals surface area contributed by atoms with Gasteiger partial charge < -0.3 is 14.8 Å². The molecule has 0 amide bonds. The standard InChI is InChI=1S/C16H21N3O2/c1-5-17-15(16-18-9-11(2)10-19-16)12-6-13(20-3)8-14(7-12)21-4/h6-10,15,17H,5H2,1-4H3. The Morgan fingerprint density at radius 2 is 1.62 bits per heavy atom. The molecule has 5 nitrogen and oxygen atoms in total. The lowest BCUT2D eigenvalue weighted by Crippen LogP contribution is -2.24. The van der Waals surface area contributed by atoms with Crippen LogP contribution in [0.2, 0.25) is 0 Å². The highest BCUT2D eigenvalue weighted by molar-refractivity contribution is 5.41. The van der Waals surface area contributed by atoms with Crippen LogP contribution >= 0.6 is 0 Å². The summed E-state index contributed by atoms with van der Waals surface area (Å²) in [5.74, 6) is 2.23. The molecule has 0 bridgehead atoms. The van der Waals surface area contributed by atoms with Gasteiger partial charge in [0.25, 0.3) is 0 Å². The van der Waals surface area contributed by atoms with E-state index < -0.39 is 0 Å². The Hall–Kier alpha value is -2.14. The Balaban J connectivity index is 2.44. The van der Waals surface area contributed by atoms with E-state index in [1.54, 1.807) is 14.2 Å². The van der Waals surface area contributed by atoms with E-state index in [-0.39, 0.29) is 6.04 Å². The van der Waals surface area contributed by atoms with Crippen molar-refractivity contribution in [1.29, 1.82) is 0 Å². The number of aryl methyl sites for hydroxylation is 1. The van der Waals surface area contributed by atoms with E-state index in [9.17, 15) is 0 Å². The third kappa shape index (κ3) is 3.70. The average molecular weight is 287 g/mol. The zero-order chi connectivity index (χ0) is 15.2. The number of hydrogen-bond donors (Lipinski definition) is 1. The molecule has 5 heteroatoms. The largest absolute Gasteiger partial charge is 0.497 e. The maximum absolute atomic E-state index is 5.33. The SMILES string of the molecule is CCNC(c1cc(OC)cc(OC)c1)c1ncc(C)cn1. The first-order valence-corrected chi connectivity index (χ1v) is 6.92. The Morgan fingerprint density at radius 3 is 2.10 bits per heavy atom. The van der Waals surface area contributed by atoms with Gasteiger partial charge in [0.15, 0.2) is 0 Å². The molecular formula is C16H21N3O2. The summed E-state index contributed by atoms with van der Waals surface area (Å²) in [6, 6.07) is 5.69. The van der Waals surface area contributed by atoms with Crippen molar-refractivity contribution in [3.8, 4) is 11.5 Å². The van der Waals surface area contributed by atoms with Crippen LogP contribution in [0.1, 0.15) is 29.9 Å². The number of ether oxygens (including phenoxy) is 2. The molecule has 1 heterocycles. The van der Waals surface area contributed by atoms with E-state index in [2.05, 4.69) is 22.2 Å². The Kier molecular flexibility index (Phi) is 5.11. The first-order chi connectivity index (χ1) is 10.2. The molecule has 21 heavy (non-hydrogen) atoms. The van der Waals surface area contributed by atoms with Gasteiger partial charge in [0, 0.05) is 18.5 Å². The molecule has 112 valence electrons. The molecule has 1 unspecified atom stereocenters. The van der Waals surface area contributed by atoms with Gasteiger partial charge >= 0.3 is 0 Å². The van der Waals surface area contributed by atoms with Gasteiger partial charge in [-0.3, -0.25) is 0 Å². The van der Waals surface area contributed by atoms with E-state index in [4.69, 9.17) is 9.47 Å². The molecule has 0 aliphatic rings. The van der Waals surface area contributed by atoms with Gasteiger partial charge in [-0.1, -0.05) is 6.92 Å². The molecule has 0 fully saturated rings. The Morgan fingerprint density at radius 1 is 1.05 bits per heavy atom. The first kappa shape index (κ1) is 15.3. The van der Waals surface area contributed by atoms with E-state index >= 15 is 0 Å². The zero-order valence-corrected chi connectivity index (χ0v) is 12.9. The van der Waals surface area contributed by atoms with Crippen molar-refractivity contribution in [2.75, 3.05) is 20.8 Å². The lowest BCUT2D eigenvalue weighted by Gasteiger charge is -2.18. The van der Waals surface area contributed by atoms with Gasteiger partial charge in [-0.15, -0.1) is 0 Å². The predicted octanol–water partition coefficient (Wildman–Crippen LogP) is 2.50. The Bertz CT molecular complexity index is 562. The van der Waals surface area contributed by atoms with Crippen LogP contribution in [-0.4, -0.2) is 30.7 Å². The van der Waals surface area contributed by atoms with Crippen molar-refractivity contribution in [2.45, 2.75) is 19.9 Å². The lowest BCUT2D eigenvalue weighted by atomic mass is 10.0. The van der Waals surface area contributed by atoms with Crippen LogP contribution < -0.4 is 14.8 Å². The van der Waals surface area contributed by atoms with Gasteiger partial charge in [-0.05, 0) is 36.7 Å². The molecule has 0 saturated heterocycles. The minimum absolute atomic E-state index is 0.0976. The van der Waals surface area contributed by atoms with Crippen LogP contribution in [0.3, 0.4) is 0 Å². The van der Waals surface area contributed by atoms with Gasteiger partial charge in [-0.2, -0.15) is 0 Å². The van der Waals surface area contributed by atoms with Gasteiger partial charge in [0.1, 0.15) is 17.3 Å². The van der Waals surface area contributed by atoms with Crippen LogP contribution in [0.5, 0.6) is 11.5 Å². The fourth-order valence-electron chi connectivity index (χ4n) is 2.11. The quantitative estimate of drug-likeness (QED) is 0.884. The normalized spacial score (nSPS) is 12.0.